The smallest absolute Gasteiger partial charge is 0.406 e. The van der Waals surface area contributed by atoms with Crippen molar-refractivity contribution in [3.8, 4) is 5.75 Å². The van der Waals surface area contributed by atoms with Gasteiger partial charge in [0.25, 0.3) is 0 Å². The molecule has 0 aliphatic rings. The number of alkyl halides is 3. The van der Waals surface area contributed by atoms with E-state index in [-0.39, 0.29) is 27.1 Å². The van der Waals surface area contributed by atoms with Crippen molar-refractivity contribution in [3.63, 3.8) is 0 Å². The van der Waals surface area contributed by atoms with E-state index in [0.29, 0.717) is 0 Å². The summed E-state index contributed by atoms with van der Waals surface area (Å²) in [6.07, 6.45) is -2.69. The number of rotatable bonds is 5. The van der Waals surface area contributed by atoms with Gasteiger partial charge in [-0.1, -0.05) is 11.6 Å². The molecule has 1 aromatic heterocycles. The average Bonchev–Trinajstić information content (AvgIpc) is 2.51. The zero-order chi connectivity index (χ0) is 19.5. The standard InChI is InChI=1S/C14H12ClF3N4O3S/c1-26(23,24)9-3-5-12(20-7-9)13(19)22-21-11-4-2-8(6-10(11)15)25-14(16,17)18/h2-7,21H,1H3,(H2,19,22). The fraction of sp³-hybridized carbons (Fsp3) is 0.143. The third-order valence-corrected chi connectivity index (χ3v) is 4.33. The van der Waals surface area contributed by atoms with Gasteiger partial charge in [-0.05, 0) is 24.3 Å². The first-order valence-corrected chi connectivity index (χ1v) is 9.05. The first kappa shape index (κ1) is 19.8. The molecule has 12 heteroatoms. The van der Waals surface area contributed by atoms with E-state index < -0.39 is 21.9 Å². The second-order valence-electron chi connectivity index (χ2n) is 4.97. The van der Waals surface area contributed by atoms with Crippen molar-refractivity contribution < 1.29 is 26.3 Å². The molecule has 0 fully saturated rings. The van der Waals surface area contributed by atoms with Crippen LogP contribution < -0.4 is 15.6 Å². The summed E-state index contributed by atoms with van der Waals surface area (Å²) >= 11 is 5.86. The third-order valence-electron chi connectivity index (χ3n) is 2.92. The molecule has 0 aliphatic heterocycles. The van der Waals surface area contributed by atoms with Crippen LogP contribution in [0.15, 0.2) is 41.4 Å². The molecule has 0 saturated heterocycles. The Morgan fingerprint density at radius 1 is 1.27 bits per heavy atom. The molecule has 1 heterocycles. The highest BCUT2D eigenvalue weighted by Crippen LogP contribution is 2.29. The first-order chi connectivity index (χ1) is 12.0. The Balaban J connectivity index is 2.03. The summed E-state index contributed by atoms with van der Waals surface area (Å²) in [4.78, 5) is 3.85. The van der Waals surface area contributed by atoms with Gasteiger partial charge in [-0.15, -0.1) is 13.2 Å². The van der Waals surface area contributed by atoms with Gasteiger partial charge in [0.05, 0.1) is 15.6 Å². The fourth-order valence-corrected chi connectivity index (χ4v) is 2.51. The number of hydrogen-bond acceptors (Lipinski definition) is 6. The van der Waals surface area contributed by atoms with E-state index in [2.05, 4.69) is 20.6 Å². The Bertz CT molecular complexity index is 918. The molecule has 1 aromatic carbocycles. The number of sulfone groups is 1. The minimum atomic E-state index is -4.83. The van der Waals surface area contributed by atoms with E-state index >= 15 is 0 Å². The number of nitrogens with one attached hydrogen (secondary N) is 3. The molecule has 0 radical (unpaired) electrons. The fourth-order valence-electron chi connectivity index (χ4n) is 1.74. The van der Waals surface area contributed by atoms with Crippen LogP contribution >= 0.6 is 11.6 Å². The van der Waals surface area contributed by atoms with E-state index in [1.807, 2.05) is 0 Å². The quantitative estimate of drug-likeness (QED) is 0.399. The number of hydrazine groups is 1. The monoisotopic (exact) mass is 408 g/mol. The van der Waals surface area contributed by atoms with Gasteiger partial charge >= 0.3 is 6.36 Å². The van der Waals surface area contributed by atoms with Crippen molar-refractivity contribution in [2.45, 2.75) is 11.3 Å². The van der Waals surface area contributed by atoms with Crippen LogP contribution in [-0.2, 0) is 9.84 Å². The molecular weight excluding hydrogens is 397 g/mol. The largest absolute Gasteiger partial charge is 0.573 e. The number of benzene rings is 1. The van der Waals surface area contributed by atoms with E-state index in [1.54, 1.807) is 0 Å². The maximum atomic E-state index is 12.2. The Morgan fingerprint density at radius 2 is 1.96 bits per heavy atom. The van der Waals surface area contributed by atoms with Crippen molar-refractivity contribution in [1.82, 2.24) is 10.4 Å². The SMILES string of the molecule is CS(=O)(=O)c1ccc(C(=N)NNc2ccc(OC(F)(F)F)cc2Cl)nc1. The molecular formula is C14H12ClF3N4O3S. The van der Waals surface area contributed by atoms with E-state index in [0.717, 1.165) is 24.6 Å². The zero-order valence-corrected chi connectivity index (χ0v) is 14.6. The predicted molar refractivity (Wildman–Crippen MR) is 89.1 cm³/mol. The highest BCUT2D eigenvalue weighted by Gasteiger charge is 2.31. The maximum absolute atomic E-state index is 12.2. The van der Waals surface area contributed by atoms with Gasteiger partial charge in [0.15, 0.2) is 15.7 Å². The number of hydrogen-bond donors (Lipinski definition) is 3. The molecule has 26 heavy (non-hydrogen) atoms. The van der Waals surface area contributed by atoms with Gasteiger partial charge in [-0.3, -0.25) is 21.2 Å². The van der Waals surface area contributed by atoms with Crippen LogP contribution in [0.25, 0.3) is 0 Å². The molecule has 2 rings (SSSR count). The molecule has 7 nitrogen and oxygen atoms in total. The number of halogens is 4. The molecule has 140 valence electrons. The van der Waals surface area contributed by atoms with Gasteiger partial charge in [-0.2, -0.15) is 0 Å². The Hall–Kier alpha value is -2.53. The molecule has 0 unspecified atom stereocenters. The van der Waals surface area contributed by atoms with Crippen LogP contribution in [0.4, 0.5) is 18.9 Å². The Labute approximate surface area is 151 Å². The van der Waals surface area contributed by atoms with Gasteiger partial charge in [0, 0.05) is 18.5 Å². The number of nitrogens with zero attached hydrogens (tertiary/aromatic N) is 1. The summed E-state index contributed by atoms with van der Waals surface area (Å²) in [7, 11) is -3.40. The average molecular weight is 409 g/mol. The molecule has 0 spiro atoms. The maximum Gasteiger partial charge on any atom is 0.573 e. The normalized spacial score (nSPS) is 11.7. The molecule has 2 aromatic rings. The highest BCUT2D eigenvalue weighted by molar-refractivity contribution is 7.90. The summed E-state index contributed by atoms with van der Waals surface area (Å²) in [5.74, 6) is -0.696. The second-order valence-corrected chi connectivity index (χ2v) is 7.39. The Kier molecular flexibility index (Phi) is 5.62. The zero-order valence-electron chi connectivity index (χ0n) is 13.1. The summed E-state index contributed by atoms with van der Waals surface area (Å²) in [5.41, 5.74) is 5.33. The minimum absolute atomic E-state index is 0.00491. The van der Waals surface area contributed by atoms with Crippen LogP contribution in [0.3, 0.4) is 0 Å². The van der Waals surface area contributed by atoms with Crippen molar-refractivity contribution in [1.29, 1.82) is 5.41 Å². The second kappa shape index (κ2) is 7.38. The number of amidine groups is 1. The number of anilines is 1. The first-order valence-electron chi connectivity index (χ1n) is 6.78. The summed E-state index contributed by atoms with van der Waals surface area (Å²) < 4.78 is 62.9. The van der Waals surface area contributed by atoms with Gasteiger partial charge in [0.1, 0.15) is 11.4 Å². The summed E-state index contributed by atoms with van der Waals surface area (Å²) in [5, 5.41) is 7.76. The van der Waals surface area contributed by atoms with Crippen molar-refractivity contribution in [2.75, 3.05) is 11.7 Å². The highest BCUT2D eigenvalue weighted by atomic mass is 35.5. The van der Waals surface area contributed by atoms with E-state index in [9.17, 15) is 21.6 Å². The molecule has 0 aliphatic carbocycles. The van der Waals surface area contributed by atoms with Gasteiger partial charge < -0.3 is 4.74 Å². The number of aromatic nitrogens is 1. The van der Waals surface area contributed by atoms with Crippen molar-refractivity contribution in [3.05, 3.63) is 47.2 Å². The topological polar surface area (TPSA) is 104 Å². The molecule has 3 N–H and O–H groups in total. The van der Waals surface area contributed by atoms with Crippen LogP contribution in [-0.4, -0.2) is 31.9 Å². The van der Waals surface area contributed by atoms with Crippen molar-refractivity contribution >= 4 is 33.0 Å². The van der Waals surface area contributed by atoms with Crippen LogP contribution in [0.2, 0.25) is 5.02 Å². The molecule has 0 amide bonds. The van der Waals surface area contributed by atoms with Crippen molar-refractivity contribution in [2.24, 2.45) is 0 Å². The molecule has 0 saturated carbocycles. The lowest BCUT2D eigenvalue weighted by Crippen LogP contribution is -2.30. The van der Waals surface area contributed by atoms with Gasteiger partial charge in [-0.25, -0.2) is 8.42 Å². The van der Waals surface area contributed by atoms with Crippen LogP contribution in [0.5, 0.6) is 5.75 Å². The van der Waals surface area contributed by atoms with E-state index in [4.69, 9.17) is 17.0 Å². The predicted octanol–water partition coefficient (Wildman–Crippen LogP) is 2.98. The number of pyridine rings is 1. The minimum Gasteiger partial charge on any atom is -0.406 e. The number of ether oxygens (including phenoxy) is 1. The lowest BCUT2D eigenvalue weighted by molar-refractivity contribution is -0.274. The lowest BCUT2D eigenvalue weighted by atomic mass is 10.3. The summed E-state index contributed by atoms with van der Waals surface area (Å²) in [6, 6.07) is 5.86. The van der Waals surface area contributed by atoms with Crippen LogP contribution in [0.1, 0.15) is 5.69 Å². The Morgan fingerprint density at radius 3 is 2.46 bits per heavy atom. The van der Waals surface area contributed by atoms with E-state index in [1.165, 1.54) is 18.2 Å². The van der Waals surface area contributed by atoms with Crippen LogP contribution in [0, 0.1) is 5.41 Å². The third kappa shape index (κ3) is 5.49. The molecule has 0 bridgehead atoms. The van der Waals surface area contributed by atoms with Gasteiger partial charge in [0.2, 0.25) is 0 Å². The molecule has 0 atom stereocenters. The lowest BCUT2D eigenvalue weighted by Gasteiger charge is -2.14. The summed E-state index contributed by atoms with van der Waals surface area (Å²) in [6.45, 7) is 0.